The first-order valence-corrected chi connectivity index (χ1v) is 5.49. The minimum absolute atomic E-state index is 0.289. The van der Waals surface area contributed by atoms with Crippen LogP contribution < -0.4 is 0 Å². The van der Waals surface area contributed by atoms with E-state index in [1.165, 1.54) is 23.8 Å². The first-order chi connectivity index (χ1) is 7.11. The first-order valence-electron chi connectivity index (χ1n) is 4.69. The lowest BCUT2D eigenvalue weighted by atomic mass is 10.1. The van der Waals surface area contributed by atoms with Gasteiger partial charge in [-0.25, -0.2) is 4.79 Å². The van der Waals surface area contributed by atoms with Crippen LogP contribution >= 0.6 is 15.9 Å². The van der Waals surface area contributed by atoms with E-state index in [1.54, 1.807) is 6.07 Å². The number of benzene rings is 1. The molecule has 2 nitrogen and oxygen atoms in total. The van der Waals surface area contributed by atoms with Gasteiger partial charge in [0.25, 0.3) is 0 Å². The van der Waals surface area contributed by atoms with E-state index in [4.69, 9.17) is 4.74 Å². The van der Waals surface area contributed by atoms with Crippen molar-refractivity contribution >= 4 is 28.0 Å². The molecule has 1 aliphatic carbocycles. The molecule has 0 heterocycles. The quantitative estimate of drug-likeness (QED) is 0.730. The smallest absolute Gasteiger partial charge is 0.337 e. The largest absolute Gasteiger partial charge is 0.465 e. The highest BCUT2D eigenvalue weighted by Crippen LogP contribution is 2.32. The average Bonchev–Trinajstić information content (AvgIpc) is 2.58. The lowest BCUT2D eigenvalue weighted by Crippen LogP contribution is -2.02. The maximum absolute atomic E-state index is 11.4. The number of hydrogen-bond donors (Lipinski definition) is 0. The number of allylic oxidation sites excluding steroid dienone is 1. The van der Waals surface area contributed by atoms with Crippen molar-refractivity contribution in [3.05, 3.63) is 38.9 Å². The van der Waals surface area contributed by atoms with Crippen LogP contribution in [-0.4, -0.2) is 13.1 Å². The van der Waals surface area contributed by atoms with Gasteiger partial charge in [-0.05, 0) is 36.6 Å². The van der Waals surface area contributed by atoms with E-state index in [0.29, 0.717) is 5.56 Å². The minimum atomic E-state index is -0.289. The van der Waals surface area contributed by atoms with Crippen molar-refractivity contribution in [3.8, 4) is 0 Å². The van der Waals surface area contributed by atoms with Gasteiger partial charge in [0.05, 0.1) is 12.7 Å². The molecule has 2 rings (SSSR count). The third-order valence-corrected chi connectivity index (χ3v) is 3.15. The van der Waals surface area contributed by atoms with Crippen LogP contribution in [0, 0.1) is 0 Å². The zero-order chi connectivity index (χ0) is 11.0. The van der Waals surface area contributed by atoms with Crippen LogP contribution in [0.15, 0.2) is 22.2 Å². The molecule has 0 bridgehead atoms. The van der Waals surface area contributed by atoms with Crippen molar-refractivity contribution < 1.29 is 9.53 Å². The Morgan fingerprint density at radius 1 is 1.47 bits per heavy atom. The number of methoxy groups -OCH3 is 1. The highest BCUT2D eigenvalue weighted by molar-refractivity contribution is 9.10. The van der Waals surface area contributed by atoms with E-state index in [-0.39, 0.29) is 5.97 Å². The van der Waals surface area contributed by atoms with E-state index in [0.717, 1.165) is 10.9 Å². The highest BCUT2D eigenvalue weighted by Gasteiger charge is 2.16. The molecular weight excluding hydrogens is 256 g/mol. The number of carbonyl (C=O) groups excluding carboxylic acids is 1. The molecule has 0 atom stereocenters. The van der Waals surface area contributed by atoms with Gasteiger partial charge in [-0.1, -0.05) is 27.6 Å². The van der Waals surface area contributed by atoms with Crippen LogP contribution in [-0.2, 0) is 11.2 Å². The lowest BCUT2D eigenvalue weighted by Gasteiger charge is -2.05. The molecule has 78 valence electrons. The second-order valence-corrected chi connectivity index (χ2v) is 4.54. The summed E-state index contributed by atoms with van der Waals surface area (Å²) in [6.45, 7) is 2.09. The molecule has 0 unspecified atom stereocenters. The van der Waals surface area contributed by atoms with Crippen LogP contribution in [0.25, 0.3) is 6.08 Å². The fourth-order valence-electron chi connectivity index (χ4n) is 1.82. The molecule has 0 N–H and O–H groups in total. The van der Waals surface area contributed by atoms with Gasteiger partial charge < -0.3 is 4.74 Å². The molecule has 0 saturated carbocycles. The Hall–Kier alpha value is -1.09. The van der Waals surface area contributed by atoms with Crippen LogP contribution in [0.3, 0.4) is 0 Å². The zero-order valence-electron chi connectivity index (χ0n) is 8.63. The lowest BCUT2D eigenvalue weighted by molar-refractivity contribution is 0.0600. The first kappa shape index (κ1) is 10.4. The van der Waals surface area contributed by atoms with Crippen molar-refractivity contribution in [1.29, 1.82) is 0 Å². The molecule has 15 heavy (non-hydrogen) atoms. The summed E-state index contributed by atoms with van der Waals surface area (Å²) in [7, 11) is 1.40. The van der Waals surface area contributed by atoms with Gasteiger partial charge >= 0.3 is 5.97 Å². The van der Waals surface area contributed by atoms with Gasteiger partial charge in [-0.2, -0.15) is 0 Å². The van der Waals surface area contributed by atoms with Gasteiger partial charge in [0.1, 0.15) is 0 Å². The molecular formula is C12H11BrO2. The molecule has 0 aliphatic heterocycles. The van der Waals surface area contributed by atoms with E-state index < -0.39 is 0 Å². The Kier molecular flexibility index (Phi) is 2.65. The summed E-state index contributed by atoms with van der Waals surface area (Å²) in [6, 6.07) is 3.71. The fraction of sp³-hybridized carbons (Fsp3) is 0.250. The van der Waals surface area contributed by atoms with Gasteiger partial charge in [0.2, 0.25) is 0 Å². The summed E-state index contributed by atoms with van der Waals surface area (Å²) in [5.74, 6) is -0.289. The summed E-state index contributed by atoms with van der Waals surface area (Å²) in [4.78, 5) is 11.4. The molecule has 3 heteroatoms. The van der Waals surface area contributed by atoms with Crippen LogP contribution in [0.5, 0.6) is 0 Å². The summed E-state index contributed by atoms with van der Waals surface area (Å²) >= 11 is 3.47. The molecule has 0 spiro atoms. The Morgan fingerprint density at radius 2 is 2.20 bits per heavy atom. The second kappa shape index (κ2) is 3.81. The predicted octanol–water partition coefficient (Wildman–Crippen LogP) is 3.20. The van der Waals surface area contributed by atoms with Gasteiger partial charge in [0.15, 0.2) is 0 Å². The number of carbonyl (C=O) groups is 1. The molecule has 0 fully saturated rings. The van der Waals surface area contributed by atoms with E-state index in [1.807, 2.05) is 6.07 Å². The fourth-order valence-corrected chi connectivity index (χ4v) is 2.43. The third-order valence-electron chi connectivity index (χ3n) is 2.50. The standard InChI is InChI=1S/C12H11BrO2/c1-7-3-8-5-9(12(14)15-2)6-11(13)10(8)4-7/h4-6H,3H2,1-2H3. The predicted molar refractivity (Wildman–Crippen MR) is 62.8 cm³/mol. The van der Waals surface area contributed by atoms with E-state index in [2.05, 4.69) is 28.9 Å². The van der Waals surface area contributed by atoms with Crippen LogP contribution in [0.2, 0.25) is 0 Å². The number of esters is 1. The van der Waals surface area contributed by atoms with Gasteiger partial charge in [-0.15, -0.1) is 0 Å². The van der Waals surface area contributed by atoms with Gasteiger partial charge in [0, 0.05) is 4.47 Å². The number of fused-ring (bicyclic) bond motifs is 1. The van der Waals surface area contributed by atoms with Crippen LogP contribution in [0.4, 0.5) is 0 Å². The minimum Gasteiger partial charge on any atom is -0.465 e. The summed E-state index contributed by atoms with van der Waals surface area (Å²) < 4.78 is 5.66. The molecule has 0 aromatic heterocycles. The molecule has 1 aromatic carbocycles. The topological polar surface area (TPSA) is 26.3 Å². The third kappa shape index (κ3) is 1.84. The SMILES string of the molecule is COC(=O)c1cc(Br)c2c(c1)CC(C)=C2. The van der Waals surface area contributed by atoms with Crippen molar-refractivity contribution in [2.75, 3.05) is 7.11 Å². The van der Waals surface area contributed by atoms with Gasteiger partial charge in [-0.3, -0.25) is 0 Å². The summed E-state index contributed by atoms with van der Waals surface area (Å²) in [5.41, 5.74) is 4.28. The zero-order valence-corrected chi connectivity index (χ0v) is 10.2. The van der Waals surface area contributed by atoms with Crippen molar-refractivity contribution in [1.82, 2.24) is 0 Å². The normalized spacial score (nSPS) is 13.4. The molecule has 0 amide bonds. The highest BCUT2D eigenvalue weighted by atomic mass is 79.9. The molecule has 1 aromatic rings. The molecule has 0 saturated heterocycles. The average molecular weight is 267 g/mol. The number of ether oxygens (including phenoxy) is 1. The maximum atomic E-state index is 11.4. The monoisotopic (exact) mass is 266 g/mol. The molecule has 1 aliphatic rings. The Bertz CT molecular complexity index is 461. The van der Waals surface area contributed by atoms with E-state index >= 15 is 0 Å². The van der Waals surface area contributed by atoms with Crippen molar-refractivity contribution in [3.63, 3.8) is 0 Å². The summed E-state index contributed by atoms with van der Waals surface area (Å²) in [6.07, 6.45) is 3.05. The Morgan fingerprint density at radius 3 is 2.87 bits per heavy atom. The number of rotatable bonds is 1. The Labute approximate surface area is 97.1 Å². The Balaban J connectivity index is 2.49. The number of halogens is 1. The van der Waals surface area contributed by atoms with Crippen molar-refractivity contribution in [2.24, 2.45) is 0 Å². The molecule has 0 radical (unpaired) electrons. The van der Waals surface area contributed by atoms with E-state index in [9.17, 15) is 4.79 Å². The summed E-state index contributed by atoms with van der Waals surface area (Å²) in [5, 5.41) is 0. The maximum Gasteiger partial charge on any atom is 0.337 e. The van der Waals surface area contributed by atoms with Crippen molar-refractivity contribution in [2.45, 2.75) is 13.3 Å². The number of hydrogen-bond acceptors (Lipinski definition) is 2. The second-order valence-electron chi connectivity index (χ2n) is 3.69. The van der Waals surface area contributed by atoms with Crippen LogP contribution in [0.1, 0.15) is 28.4 Å².